The van der Waals surface area contributed by atoms with Gasteiger partial charge in [0.15, 0.2) is 5.75 Å². The second kappa shape index (κ2) is 20.0. The number of phenolic OH excluding ortho intramolecular Hbond substituents is 1. The van der Waals surface area contributed by atoms with Gasteiger partial charge in [0, 0.05) is 23.6 Å². The molecular formula is C46H42N10O10. The number of aromatic amines is 3. The maximum Gasteiger partial charge on any atom is 0.275 e. The van der Waals surface area contributed by atoms with Crippen LogP contribution in [0.1, 0.15) is 26.3 Å². The van der Waals surface area contributed by atoms with E-state index in [-0.39, 0.29) is 40.1 Å². The van der Waals surface area contributed by atoms with Crippen LogP contribution in [-0.4, -0.2) is 54.8 Å². The highest BCUT2D eigenvalue weighted by Gasteiger charge is 2.24. The Morgan fingerprint density at radius 3 is 1.52 bits per heavy atom. The Morgan fingerprint density at radius 2 is 0.985 bits per heavy atom. The molecule has 0 aliphatic heterocycles. The summed E-state index contributed by atoms with van der Waals surface area (Å²) in [5.41, 5.74) is 11.1. The van der Waals surface area contributed by atoms with Gasteiger partial charge in [-0.2, -0.15) is 0 Å². The summed E-state index contributed by atoms with van der Waals surface area (Å²) in [6.45, 7) is 6.65. The monoisotopic (exact) mass is 894 g/mol. The number of ether oxygens (including phenoxy) is 3. The number of nitrogens with two attached hydrogens (primary N) is 1. The highest BCUT2D eigenvalue weighted by atomic mass is 16.5. The molecule has 66 heavy (non-hydrogen) atoms. The summed E-state index contributed by atoms with van der Waals surface area (Å²) in [5.74, 6) is 0.404. The maximum absolute atomic E-state index is 11.9. The molecule has 0 aliphatic rings. The molecular weight excluding hydrogens is 853 g/mol. The van der Waals surface area contributed by atoms with Gasteiger partial charge >= 0.3 is 0 Å². The van der Waals surface area contributed by atoms with Gasteiger partial charge in [-0.25, -0.2) is 15.0 Å². The Balaban J connectivity index is 0.000000139. The Bertz CT molecular complexity index is 3480. The van der Waals surface area contributed by atoms with Crippen LogP contribution in [0.5, 0.6) is 23.0 Å². The lowest BCUT2D eigenvalue weighted by molar-refractivity contribution is 0.274. The van der Waals surface area contributed by atoms with Gasteiger partial charge in [-0.05, 0) is 93.1 Å². The SMILES string of the molecule is CCOc1c(Nc2ccc3nc[nH]c3c2)c(=O)c1=O.CCOc1c(OCC)c(=O)c1=O.Nc1ccc2nc[nH]c2c1.O=c1c(NCc2cccc(O)c2)c(Nc2ccc3nc[nH]c3c2)c1=O. The van der Waals surface area contributed by atoms with Gasteiger partial charge in [-0.15, -0.1) is 0 Å². The van der Waals surface area contributed by atoms with Crippen LogP contribution >= 0.6 is 0 Å². The second-order valence-corrected chi connectivity index (χ2v) is 14.1. The Morgan fingerprint density at radius 1 is 0.530 bits per heavy atom. The van der Waals surface area contributed by atoms with Crippen molar-refractivity contribution in [3.63, 3.8) is 0 Å². The summed E-state index contributed by atoms with van der Waals surface area (Å²) in [6.07, 6.45) is 4.84. The van der Waals surface area contributed by atoms with Gasteiger partial charge in [-0.3, -0.25) is 28.8 Å². The van der Waals surface area contributed by atoms with Gasteiger partial charge in [0.2, 0.25) is 11.5 Å². The zero-order chi connectivity index (χ0) is 46.9. The van der Waals surface area contributed by atoms with Crippen molar-refractivity contribution >= 4 is 67.2 Å². The molecule has 336 valence electrons. The van der Waals surface area contributed by atoms with E-state index in [1.54, 1.807) is 70.1 Å². The van der Waals surface area contributed by atoms with Crippen LogP contribution in [0.25, 0.3) is 33.1 Å². The van der Waals surface area contributed by atoms with Crippen molar-refractivity contribution in [1.82, 2.24) is 29.9 Å². The minimum atomic E-state index is -0.583. The van der Waals surface area contributed by atoms with Crippen molar-refractivity contribution in [3.8, 4) is 23.0 Å². The maximum atomic E-state index is 11.9. The largest absolute Gasteiger partial charge is 0.508 e. The summed E-state index contributed by atoms with van der Waals surface area (Å²) >= 11 is 0. The van der Waals surface area contributed by atoms with E-state index < -0.39 is 32.6 Å². The number of hydrogen-bond donors (Lipinski definition) is 8. The number of nitrogens with zero attached hydrogens (tertiary/aromatic N) is 3. The molecule has 0 unspecified atom stereocenters. The molecule has 20 nitrogen and oxygen atoms in total. The number of H-pyrrole nitrogens is 3. The Labute approximate surface area is 372 Å². The lowest BCUT2D eigenvalue weighted by Gasteiger charge is -2.15. The number of phenols is 1. The number of benzene rings is 4. The zero-order valence-electron chi connectivity index (χ0n) is 35.6. The third-order valence-corrected chi connectivity index (χ3v) is 9.67. The van der Waals surface area contributed by atoms with Gasteiger partial charge in [0.25, 0.3) is 32.6 Å². The molecule has 10 rings (SSSR count). The number of rotatable bonds is 13. The number of aromatic hydroxyl groups is 1. The molecule has 0 amide bonds. The molecule has 0 atom stereocenters. The van der Waals surface area contributed by atoms with E-state index in [4.69, 9.17) is 19.9 Å². The fourth-order valence-corrected chi connectivity index (χ4v) is 6.47. The highest BCUT2D eigenvalue weighted by molar-refractivity contribution is 5.84. The molecule has 0 bridgehead atoms. The van der Waals surface area contributed by atoms with Crippen molar-refractivity contribution in [1.29, 1.82) is 0 Å². The van der Waals surface area contributed by atoms with Crippen LogP contribution in [0.4, 0.5) is 34.1 Å². The van der Waals surface area contributed by atoms with Crippen LogP contribution in [0.15, 0.2) is 127 Å². The van der Waals surface area contributed by atoms with Crippen LogP contribution in [0.2, 0.25) is 0 Å². The third kappa shape index (κ3) is 9.76. The van der Waals surface area contributed by atoms with Crippen LogP contribution in [0, 0.1) is 0 Å². The normalized spacial score (nSPS) is 10.8. The molecule has 0 fully saturated rings. The number of nitrogen functional groups attached to an aromatic ring is 1. The van der Waals surface area contributed by atoms with E-state index in [1.807, 2.05) is 48.5 Å². The molecule has 9 N–H and O–H groups in total. The minimum Gasteiger partial charge on any atom is -0.508 e. The molecule has 20 heteroatoms. The second-order valence-electron chi connectivity index (χ2n) is 14.1. The van der Waals surface area contributed by atoms with Gasteiger partial charge in [0.1, 0.15) is 22.8 Å². The number of anilines is 6. The quantitative estimate of drug-likeness (QED) is 0.0572. The van der Waals surface area contributed by atoms with Crippen molar-refractivity contribution in [3.05, 3.63) is 165 Å². The predicted molar refractivity (Wildman–Crippen MR) is 252 cm³/mol. The highest BCUT2D eigenvalue weighted by Crippen LogP contribution is 2.26. The Kier molecular flexibility index (Phi) is 13.6. The minimum absolute atomic E-state index is 0.0735. The molecule has 0 aliphatic carbocycles. The molecule has 3 heterocycles. The average Bonchev–Trinajstić information content (AvgIpc) is 4.13. The Hall–Kier alpha value is -9.07. The van der Waals surface area contributed by atoms with Crippen molar-refractivity contribution in [2.24, 2.45) is 0 Å². The summed E-state index contributed by atoms with van der Waals surface area (Å²) in [4.78, 5) is 89.4. The lowest BCUT2D eigenvalue weighted by atomic mass is 10.1. The molecule has 7 aromatic carbocycles. The van der Waals surface area contributed by atoms with Gasteiger partial charge < -0.3 is 56.0 Å². The summed E-state index contributed by atoms with van der Waals surface area (Å²) in [7, 11) is 0. The number of aromatic nitrogens is 6. The first kappa shape index (κ1) is 45.0. The molecule has 10 aromatic rings. The average molecular weight is 895 g/mol. The van der Waals surface area contributed by atoms with Crippen molar-refractivity contribution in [2.45, 2.75) is 27.3 Å². The number of imidazole rings is 3. The molecule has 0 radical (unpaired) electrons. The van der Waals surface area contributed by atoms with Crippen LogP contribution < -0.4 is 68.5 Å². The van der Waals surface area contributed by atoms with Crippen LogP contribution in [-0.2, 0) is 6.54 Å². The molecule has 0 saturated heterocycles. The summed E-state index contributed by atoms with van der Waals surface area (Å²) in [6, 6.07) is 23.1. The number of nitrogens with one attached hydrogen (secondary N) is 6. The zero-order valence-corrected chi connectivity index (χ0v) is 35.6. The van der Waals surface area contributed by atoms with E-state index in [1.165, 1.54) is 0 Å². The smallest absolute Gasteiger partial charge is 0.275 e. The molecule has 0 spiro atoms. The van der Waals surface area contributed by atoms with Crippen LogP contribution in [0.3, 0.4) is 0 Å². The molecule has 0 saturated carbocycles. The van der Waals surface area contributed by atoms with E-state index in [2.05, 4.69) is 45.9 Å². The van der Waals surface area contributed by atoms with E-state index >= 15 is 0 Å². The van der Waals surface area contributed by atoms with Crippen molar-refractivity contribution in [2.75, 3.05) is 41.5 Å². The summed E-state index contributed by atoms with van der Waals surface area (Å²) < 4.78 is 15.0. The number of hydrogen-bond acceptors (Lipinski definition) is 17. The first-order valence-electron chi connectivity index (χ1n) is 20.4. The molecule has 3 aromatic heterocycles. The van der Waals surface area contributed by atoms with Gasteiger partial charge in [0.05, 0.1) is 71.9 Å². The third-order valence-electron chi connectivity index (χ3n) is 9.67. The fourth-order valence-electron chi connectivity index (χ4n) is 6.47. The van der Waals surface area contributed by atoms with Crippen molar-refractivity contribution < 1.29 is 19.3 Å². The summed E-state index contributed by atoms with van der Waals surface area (Å²) in [5, 5.41) is 18.3. The lowest BCUT2D eigenvalue weighted by Crippen LogP contribution is -2.36. The standard InChI is InChI=1S/C18H14N4O3.C13H11N3O3.C8H10O4.C7H7N3/c23-12-3-1-2-10(6-12)8-19-15-16(18(25)17(15)24)22-11-4-5-13-14(7-11)21-9-20-13;1-2-19-13-10(11(17)12(13)18)16-7-3-4-8-9(5-7)15-6-14-8;1-3-11-7-5(9)6(10)8(7)12-4-2;8-5-1-2-6-7(3-5)10-4-9-6/h1-7,9,19,22-23H,8H2,(H,20,21);3-6,16H,2H2,1H3,(H,14,15);3-4H2,1-2H3;1-4H,8H2,(H,9,10). The van der Waals surface area contributed by atoms with E-state index in [0.717, 1.165) is 44.4 Å². The topological polar surface area (TPSA) is 298 Å². The first-order chi connectivity index (χ1) is 31.9. The van der Waals surface area contributed by atoms with E-state index in [0.29, 0.717) is 37.7 Å². The van der Waals surface area contributed by atoms with Gasteiger partial charge in [-0.1, -0.05) is 12.1 Å². The fraction of sp³-hybridized carbons (Fsp3) is 0.152. The first-order valence-corrected chi connectivity index (χ1v) is 20.4. The predicted octanol–water partition coefficient (Wildman–Crippen LogP) is 4.75. The van der Waals surface area contributed by atoms with E-state index in [9.17, 15) is 33.9 Å². The number of fused-ring (bicyclic) bond motifs is 3.